The highest BCUT2D eigenvalue weighted by atomic mass is 16.5. The molecule has 0 aliphatic carbocycles. The fourth-order valence-electron chi connectivity index (χ4n) is 1.92. The van der Waals surface area contributed by atoms with Gasteiger partial charge in [-0.25, -0.2) is 9.67 Å². The molecule has 0 aliphatic rings. The zero-order chi connectivity index (χ0) is 15.4. The highest BCUT2D eigenvalue weighted by molar-refractivity contribution is 5.63. The molecule has 22 heavy (non-hydrogen) atoms. The lowest BCUT2D eigenvalue weighted by molar-refractivity contribution is 0.340. The summed E-state index contributed by atoms with van der Waals surface area (Å²) in [5.74, 6) is 1.61. The standard InChI is InChI=1S/C14H12N6O2/c1-2-21-11-6-4-3-5-10(11)14-17-13(22-19-14)8-20-9-16-12(7-15)18-20/h3-6,9H,2,8H2,1H3. The third-order valence-corrected chi connectivity index (χ3v) is 2.83. The van der Waals surface area contributed by atoms with Crippen molar-refractivity contribution < 1.29 is 9.26 Å². The van der Waals surface area contributed by atoms with Gasteiger partial charge in [-0.2, -0.15) is 10.2 Å². The Kier molecular flexibility index (Phi) is 3.78. The first-order valence-electron chi connectivity index (χ1n) is 6.64. The Bertz CT molecular complexity index is 817. The molecular formula is C14H12N6O2. The maximum Gasteiger partial charge on any atom is 0.252 e. The van der Waals surface area contributed by atoms with E-state index in [4.69, 9.17) is 14.5 Å². The number of aromatic nitrogens is 5. The van der Waals surface area contributed by atoms with Crippen LogP contribution >= 0.6 is 0 Å². The quantitative estimate of drug-likeness (QED) is 0.705. The molecular weight excluding hydrogens is 284 g/mol. The van der Waals surface area contributed by atoms with Gasteiger partial charge < -0.3 is 9.26 Å². The van der Waals surface area contributed by atoms with E-state index in [0.29, 0.717) is 24.1 Å². The molecule has 0 bridgehead atoms. The molecule has 0 unspecified atom stereocenters. The van der Waals surface area contributed by atoms with E-state index in [-0.39, 0.29) is 12.4 Å². The van der Waals surface area contributed by atoms with E-state index >= 15 is 0 Å². The van der Waals surface area contributed by atoms with Crippen molar-refractivity contribution in [2.24, 2.45) is 0 Å². The van der Waals surface area contributed by atoms with Crippen molar-refractivity contribution in [3.63, 3.8) is 0 Å². The second-order valence-electron chi connectivity index (χ2n) is 4.32. The molecule has 0 fully saturated rings. The summed E-state index contributed by atoms with van der Waals surface area (Å²) in [7, 11) is 0. The number of nitriles is 1. The Labute approximate surface area is 126 Å². The average molecular weight is 296 g/mol. The summed E-state index contributed by atoms with van der Waals surface area (Å²) < 4.78 is 12.2. The van der Waals surface area contributed by atoms with Crippen molar-refractivity contribution in [1.29, 1.82) is 5.26 Å². The van der Waals surface area contributed by atoms with Crippen LogP contribution in [0.15, 0.2) is 35.1 Å². The molecule has 2 aromatic heterocycles. The number of benzene rings is 1. The van der Waals surface area contributed by atoms with Crippen LogP contribution in [0.25, 0.3) is 11.4 Å². The van der Waals surface area contributed by atoms with Crippen LogP contribution in [0.3, 0.4) is 0 Å². The van der Waals surface area contributed by atoms with Gasteiger partial charge in [-0.15, -0.1) is 5.10 Å². The van der Waals surface area contributed by atoms with Gasteiger partial charge in [0.25, 0.3) is 5.82 Å². The molecule has 1 aromatic carbocycles. The lowest BCUT2D eigenvalue weighted by atomic mass is 10.2. The van der Waals surface area contributed by atoms with Gasteiger partial charge in [-0.1, -0.05) is 17.3 Å². The minimum absolute atomic E-state index is 0.0985. The maximum atomic E-state index is 8.70. The van der Waals surface area contributed by atoms with Gasteiger partial charge in [-0.3, -0.25) is 0 Å². The van der Waals surface area contributed by atoms with Crippen LogP contribution in [0.1, 0.15) is 18.6 Å². The zero-order valence-electron chi connectivity index (χ0n) is 11.8. The largest absolute Gasteiger partial charge is 0.493 e. The van der Waals surface area contributed by atoms with Crippen LogP contribution in [0.2, 0.25) is 0 Å². The molecule has 3 rings (SSSR count). The molecule has 0 spiro atoms. The van der Waals surface area contributed by atoms with Gasteiger partial charge in [0, 0.05) is 0 Å². The third-order valence-electron chi connectivity index (χ3n) is 2.83. The van der Waals surface area contributed by atoms with Gasteiger partial charge in [0.15, 0.2) is 0 Å². The van der Waals surface area contributed by atoms with Gasteiger partial charge in [0.2, 0.25) is 11.7 Å². The summed E-state index contributed by atoms with van der Waals surface area (Å²) in [6.45, 7) is 2.71. The Morgan fingerprint density at radius 3 is 3.00 bits per heavy atom. The molecule has 0 saturated carbocycles. The molecule has 0 radical (unpaired) electrons. The first-order valence-corrected chi connectivity index (χ1v) is 6.64. The summed E-state index contributed by atoms with van der Waals surface area (Å²) in [4.78, 5) is 8.14. The Morgan fingerprint density at radius 1 is 1.36 bits per heavy atom. The predicted molar refractivity (Wildman–Crippen MR) is 74.7 cm³/mol. The van der Waals surface area contributed by atoms with Crippen LogP contribution in [0, 0.1) is 11.3 Å². The molecule has 0 N–H and O–H groups in total. The predicted octanol–water partition coefficient (Wildman–Crippen LogP) is 1.65. The van der Waals surface area contributed by atoms with Crippen molar-refractivity contribution >= 4 is 0 Å². The summed E-state index contributed by atoms with van der Waals surface area (Å²) in [6, 6.07) is 9.34. The van der Waals surface area contributed by atoms with E-state index < -0.39 is 0 Å². The highest BCUT2D eigenvalue weighted by Crippen LogP contribution is 2.27. The van der Waals surface area contributed by atoms with Crippen molar-refractivity contribution in [2.45, 2.75) is 13.5 Å². The monoisotopic (exact) mass is 296 g/mol. The second kappa shape index (κ2) is 6.05. The van der Waals surface area contributed by atoms with Crippen LogP contribution in [-0.4, -0.2) is 31.5 Å². The van der Waals surface area contributed by atoms with E-state index in [0.717, 1.165) is 5.56 Å². The van der Waals surface area contributed by atoms with Crippen LogP contribution < -0.4 is 4.74 Å². The van der Waals surface area contributed by atoms with Gasteiger partial charge in [-0.05, 0) is 19.1 Å². The lowest BCUT2D eigenvalue weighted by Gasteiger charge is -2.05. The van der Waals surface area contributed by atoms with Crippen LogP contribution in [0.4, 0.5) is 0 Å². The molecule has 8 nitrogen and oxygen atoms in total. The third kappa shape index (κ3) is 2.78. The van der Waals surface area contributed by atoms with E-state index in [1.54, 1.807) is 0 Å². The number of nitrogens with zero attached hydrogens (tertiary/aromatic N) is 6. The van der Waals surface area contributed by atoms with Crippen molar-refractivity contribution in [3.8, 4) is 23.2 Å². The summed E-state index contributed by atoms with van der Waals surface area (Å²) >= 11 is 0. The minimum Gasteiger partial charge on any atom is -0.493 e. The number of para-hydroxylation sites is 1. The fourth-order valence-corrected chi connectivity index (χ4v) is 1.92. The SMILES string of the molecule is CCOc1ccccc1-c1noc(Cn2cnc(C#N)n2)n1. The number of hydrogen-bond donors (Lipinski definition) is 0. The molecule has 0 saturated heterocycles. The normalized spacial score (nSPS) is 10.4. The molecule has 0 atom stereocenters. The molecule has 0 aliphatic heterocycles. The first-order chi connectivity index (χ1) is 10.8. The van der Waals surface area contributed by atoms with E-state index in [1.165, 1.54) is 11.0 Å². The summed E-state index contributed by atoms with van der Waals surface area (Å²) in [6.07, 6.45) is 1.44. The Balaban J connectivity index is 1.83. The van der Waals surface area contributed by atoms with E-state index in [9.17, 15) is 0 Å². The van der Waals surface area contributed by atoms with Gasteiger partial charge >= 0.3 is 0 Å². The minimum atomic E-state index is 0.0985. The number of ether oxygens (including phenoxy) is 1. The molecule has 2 heterocycles. The summed E-state index contributed by atoms with van der Waals surface area (Å²) in [5.41, 5.74) is 0.760. The van der Waals surface area contributed by atoms with E-state index in [2.05, 4.69) is 20.2 Å². The topological polar surface area (TPSA) is 103 Å². The second-order valence-corrected chi connectivity index (χ2v) is 4.32. The Hall–Kier alpha value is -3.21. The van der Waals surface area contributed by atoms with Crippen LogP contribution in [0.5, 0.6) is 5.75 Å². The van der Waals surface area contributed by atoms with Crippen molar-refractivity contribution in [3.05, 3.63) is 42.3 Å². The lowest BCUT2D eigenvalue weighted by Crippen LogP contribution is -2.01. The number of rotatable bonds is 5. The van der Waals surface area contributed by atoms with Crippen molar-refractivity contribution in [2.75, 3.05) is 6.61 Å². The first kappa shape index (κ1) is 13.8. The molecule has 8 heteroatoms. The maximum absolute atomic E-state index is 8.70. The smallest absolute Gasteiger partial charge is 0.252 e. The van der Waals surface area contributed by atoms with Gasteiger partial charge in [0.1, 0.15) is 24.7 Å². The molecule has 3 aromatic rings. The number of hydrogen-bond acceptors (Lipinski definition) is 7. The van der Waals surface area contributed by atoms with Crippen LogP contribution in [-0.2, 0) is 6.54 Å². The van der Waals surface area contributed by atoms with Gasteiger partial charge in [0.05, 0.1) is 12.2 Å². The van der Waals surface area contributed by atoms with E-state index in [1.807, 2.05) is 37.3 Å². The average Bonchev–Trinajstić information content (AvgIpc) is 3.18. The zero-order valence-corrected chi connectivity index (χ0v) is 11.8. The summed E-state index contributed by atoms with van der Waals surface area (Å²) in [5, 5.41) is 16.6. The fraction of sp³-hybridized carbons (Fsp3) is 0.214. The molecule has 0 amide bonds. The van der Waals surface area contributed by atoms with Crippen molar-refractivity contribution in [1.82, 2.24) is 24.9 Å². The Morgan fingerprint density at radius 2 is 2.23 bits per heavy atom. The highest BCUT2D eigenvalue weighted by Gasteiger charge is 2.14. The molecule has 110 valence electrons.